The average molecular weight is 249 g/mol. The molecule has 92 valence electrons. The van der Waals surface area contributed by atoms with E-state index in [2.05, 4.69) is 5.32 Å². The second kappa shape index (κ2) is 4.83. The lowest BCUT2D eigenvalue weighted by atomic mass is 10.1. The number of carbonyl (C=O) groups excluding carboxylic acids is 1. The highest BCUT2D eigenvalue weighted by atomic mass is 19.1. The number of halogens is 2. The van der Waals surface area contributed by atoms with Crippen LogP contribution in [0.2, 0.25) is 0 Å². The van der Waals surface area contributed by atoms with Crippen LogP contribution in [-0.2, 0) is 0 Å². The molecule has 2 rings (SSSR count). The van der Waals surface area contributed by atoms with Gasteiger partial charge in [0.1, 0.15) is 22.9 Å². The maximum Gasteiger partial charge on any atom is 0.261 e. The highest BCUT2D eigenvalue weighted by Gasteiger charge is 2.17. The van der Waals surface area contributed by atoms with Gasteiger partial charge in [0.05, 0.1) is 5.69 Å². The number of carbonyl (C=O) groups is 1. The lowest BCUT2D eigenvalue weighted by molar-refractivity contribution is 0.101. The molecule has 3 nitrogen and oxygen atoms in total. The fourth-order valence-electron chi connectivity index (χ4n) is 1.48. The van der Waals surface area contributed by atoms with Crippen LogP contribution in [0.15, 0.2) is 42.5 Å². The summed E-state index contributed by atoms with van der Waals surface area (Å²) in [6, 6.07) is 9.06. The molecular formula is C13H9F2NO2. The van der Waals surface area contributed by atoms with Gasteiger partial charge in [-0.25, -0.2) is 8.78 Å². The lowest BCUT2D eigenvalue weighted by Crippen LogP contribution is -2.15. The van der Waals surface area contributed by atoms with Crippen LogP contribution < -0.4 is 5.32 Å². The summed E-state index contributed by atoms with van der Waals surface area (Å²) in [7, 11) is 0. The molecule has 0 aliphatic heterocycles. The van der Waals surface area contributed by atoms with E-state index >= 15 is 0 Å². The minimum Gasteiger partial charge on any atom is -0.506 e. The quantitative estimate of drug-likeness (QED) is 0.804. The predicted molar refractivity (Wildman–Crippen MR) is 62.4 cm³/mol. The SMILES string of the molecule is O=C(Nc1ccccc1O)c1c(F)cccc1F. The van der Waals surface area contributed by atoms with Gasteiger partial charge in [0.25, 0.3) is 5.91 Å². The van der Waals surface area contributed by atoms with Crippen LogP contribution in [0.5, 0.6) is 5.75 Å². The molecule has 0 fully saturated rings. The molecule has 0 spiro atoms. The number of nitrogens with one attached hydrogen (secondary N) is 1. The van der Waals surface area contributed by atoms with Gasteiger partial charge in [-0.15, -0.1) is 0 Å². The van der Waals surface area contributed by atoms with E-state index in [-0.39, 0.29) is 11.4 Å². The zero-order valence-electron chi connectivity index (χ0n) is 9.15. The Kier molecular flexibility index (Phi) is 3.23. The average Bonchev–Trinajstić information content (AvgIpc) is 2.32. The number of para-hydroxylation sites is 2. The van der Waals surface area contributed by atoms with Gasteiger partial charge in [0.2, 0.25) is 0 Å². The Bertz CT molecular complexity index is 579. The number of hydrogen-bond donors (Lipinski definition) is 2. The maximum absolute atomic E-state index is 13.3. The molecule has 2 aromatic carbocycles. The van der Waals surface area contributed by atoms with Crippen molar-refractivity contribution in [3.8, 4) is 5.75 Å². The first kappa shape index (κ1) is 12.0. The summed E-state index contributed by atoms with van der Waals surface area (Å²) in [6.07, 6.45) is 0. The summed E-state index contributed by atoms with van der Waals surface area (Å²) in [5.41, 5.74) is -0.592. The minimum atomic E-state index is -0.956. The van der Waals surface area contributed by atoms with E-state index in [9.17, 15) is 18.7 Å². The molecular weight excluding hydrogens is 240 g/mol. The number of benzene rings is 2. The predicted octanol–water partition coefficient (Wildman–Crippen LogP) is 2.92. The van der Waals surface area contributed by atoms with E-state index < -0.39 is 23.1 Å². The van der Waals surface area contributed by atoms with E-state index in [4.69, 9.17) is 0 Å². The van der Waals surface area contributed by atoms with Crippen LogP contribution >= 0.6 is 0 Å². The van der Waals surface area contributed by atoms with Gasteiger partial charge in [-0.2, -0.15) is 0 Å². The van der Waals surface area contributed by atoms with Gasteiger partial charge in [-0.05, 0) is 24.3 Å². The normalized spacial score (nSPS) is 10.1. The molecule has 0 aliphatic carbocycles. The third-order valence-corrected chi connectivity index (χ3v) is 2.34. The molecule has 2 N–H and O–H groups in total. The number of anilines is 1. The Morgan fingerprint density at radius 2 is 1.61 bits per heavy atom. The maximum atomic E-state index is 13.3. The van der Waals surface area contributed by atoms with Crippen LogP contribution in [0.4, 0.5) is 14.5 Å². The van der Waals surface area contributed by atoms with Crippen molar-refractivity contribution in [3.05, 3.63) is 59.7 Å². The lowest BCUT2D eigenvalue weighted by Gasteiger charge is -2.08. The third-order valence-electron chi connectivity index (χ3n) is 2.34. The Labute approximate surface area is 102 Å². The zero-order chi connectivity index (χ0) is 13.1. The zero-order valence-corrected chi connectivity index (χ0v) is 9.15. The Morgan fingerprint density at radius 1 is 1.00 bits per heavy atom. The van der Waals surface area contributed by atoms with Crippen LogP contribution in [0, 0.1) is 11.6 Å². The van der Waals surface area contributed by atoms with Crippen LogP contribution in [-0.4, -0.2) is 11.0 Å². The van der Waals surface area contributed by atoms with E-state index in [1.807, 2.05) is 0 Å². The molecule has 5 heteroatoms. The number of aromatic hydroxyl groups is 1. The molecule has 0 heterocycles. The minimum absolute atomic E-state index is 0.0881. The first-order valence-corrected chi connectivity index (χ1v) is 5.13. The second-order valence-corrected chi connectivity index (χ2v) is 3.57. The Morgan fingerprint density at radius 3 is 2.22 bits per heavy atom. The van der Waals surface area contributed by atoms with Gasteiger partial charge in [-0.1, -0.05) is 18.2 Å². The number of rotatable bonds is 2. The van der Waals surface area contributed by atoms with Gasteiger partial charge in [0, 0.05) is 0 Å². The monoisotopic (exact) mass is 249 g/mol. The first-order valence-electron chi connectivity index (χ1n) is 5.13. The fraction of sp³-hybridized carbons (Fsp3) is 0. The first-order chi connectivity index (χ1) is 8.59. The third kappa shape index (κ3) is 2.29. The fourth-order valence-corrected chi connectivity index (χ4v) is 1.48. The Balaban J connectivity index is 2.31. The summed E-state index contributed by atoms with van der Waals surface area (Å²) in [6.45, 7) is 0. The van der Waals surface area contributed by atoms with Crippen LogP contribution in [0.1, 0.15) is 10.4 Å². The molecule has 0 unspecified atom stereocenters. The standard InChI is InChI=1S/C13H9F2NO2/c14-8-4-3-5-9(15)12(8)13(18)16-10-6-1-2-7-11(10)17/h1-7,17H,(H,16,18). The number of phenols is 1. The van der Waals surface area contributed by atoms with Crippen molar-refractivity contribution in [2.45, 2.75) is 0 Å². The van der Waals surface area contributed by atoms with E-state index in [0.717, 1.165) is 12.1 Å². The smallest absolute Gasteiger partial charge is 0.261 e. The van der Waals surface area contributed by atoms with E-state index in [1.165, 1.54) is 18.2 Å². The number of phenolic OH excluding ortho intramolecular Hbond substituents is 1. The van der Waals surface area contributed by atoms with Crippen molar-refractivity contribution >= 4 is 11.6 Å². The largest absolute Gasteiger partial charge is 0.506 e. The molecule has 0 aliphatic rings. The molecule has 0 saturated carbocycles. The van der Waals surface area contributed by atoms with Crippen molar-refractivity contribution in [3.63, 3.8) is 0 Å². The van der Waals surface area contributed by atoms with Crippen molar-refractivity contribution in [1.29, 1.82) is 0 Å². The molecule has 0 aromatic heterocycles. The van der Waals surface area contributed by atoms with Crippen molar-refractivity contribution in [2.75, 3.05) is 5.32 Å². The van der Waals surface area contributed by atoms with Crippen molar-refractivity contribution in [2.24, 2.45) is 0 Å². The van der Waals surface area contributed by atoms with Crippen LogP contribution in [0.25, 0.3) is 0 Å². The molecule has 2 aromatic rings. The highest BCUT2D eigenvalue weighted by Crippen LogP contribution is 2.23. The number of amides is 1. The van der Waals surface area contributed by atoms with Gasteiger partial charge >= 0.3 is 0 Å². The molecule has 0 radical (unpaired) electrons. The summed E-state index contributed by atoms with van der Waals surface area (Å²) in [5, 5.41) is 11.7. The van der Waals surface area contributed by atoms with Gasteiger partial charge in [-0.3, -0.25) is 4.79 Å². The number of hydrogen-bond acceptors (Lipinski definition) is 2. The summed E-state index contributed by atoms with van der Waals surface area (Å²) in [5.74, 6) is -3.04. The molecule has 1 amide bonds. The van der Waals surface area contributed by atoms with E-state index in [0.29, 0.717) is 0 Å². The Hall–Kier alpha value is -2.43. The van der Waals surface area contributed by atoms with Crippen molar-refractivity contribution in [1.82, 2.24) is 0 Å². The summed E-state index contributed by atoms with van der Waals surface area (Å²) in [4.78, 5) is 11.7. The molecule has 0 bridgehead atoms. The van der Waals surface area contributed by atoms with Gasteiger partial charge in [0.15, 0.2) is 0 Å². The summed E-state index contributed by atoms with van der Waals surface area (Å²) < 4.78 is 26.7. The van der Waals surface area contributed by atoms with Gasteiger partial charge < -0.3 is 10.4 Å². The summed E-state index contributed by atoms with van der Waals surface area (Å²) >= 11 is 0. The molecule has 0 saturated heterocycles. The second-order valence-electron chi connectivity index (χ2n) is 3.57. The van der Waals surface area contributed by atoms with Crippen LogP contribution in [0.3, 0.4) is 0 Å². The topological polar surface area (TPSA) is 49.3 Å². The van der Waals surface area contributed by atoms with E-state index in [1.54, 1.807) is 12.1 Å². The highest BCUT2D eigenvalue weighted by molar-refractivity contribution is 6.05. The molecule has 18 heavy (non-hydrogen) atoms. The molecule has 0 atom stereocenters. The van der Waals surface area contributed by atoms with Crippen molar-refractivity contribution < 1.29 is 18.7 Å².